The molecular formula is C16H9Cl2N3O3. The van der Waals surface area contributed by atoms with Gasteiger partial charge in [0.2, 0.25) is 0 Å². The number of hydrogen-bond donors (Lipinski definition) is 1. The highest BCUT2D eigenvalue weighted by Gasteiger charge is 2.12. The Kier molecular flexibility index (Phi) is 5.53. The van der Waals surface area contributed by atoms with Crippen molar-refractivity contribution in [2.75, 3.05) is 5.32 Å². The van der Waals surface area contributed by atoms with E-state index in [-0.39, 0.29) is 16.3 Å². The number of nitrogens with zero attached hydrogens (tertiary/aromatic N) is 2. The summed E-state index contributed by atoms with van der Waals surface area (Å²) < 4.78 is 0. The van der Waals surface area contributed by atoms with Gasteiger partial charge in [-0.3, -0.25) is 14.9 Å². The van der Waals surface area contributed by atoms with Crippen molar-refractivity contribution in [1.82, 2.24) is 0 Å². The average molecular weight is 362 g/mol. The van der Waals surface area contributed by atoms with E-state index in [0.717, 1.165) is 0 Å². The summed E-state index contributed by atoms with van der Waals surface area (Å²) in [4.78, 5) is 22.2. The van der Waals surface area contributed by atoms with Gasteiger partial charge in [-0.1, -0.05) is 23.2 Å². The Morgan fingerprint density at radius 1 is 1.21 bits per heavy atom. The smallest absolute Gasteiger partial charge is 0.269 e. The summed E-state index contributed by atoms with van der Waals surface area (Å²) in [5, 5.41) is 22.9. The first-order valence-corrected chi connectivity index (χ1v) is 7.29. The van der Waals surface area contributed by atoms with Crippen LogP contribution in [0.2, 0.25) is 10.0 Å². The number of nitriles is 1. The van der Waals surface area contributed by atoms with Gasteiger partial charge in [0.25, 0.3) is 11.6 Å². The first-order chi connectivity index (χ1) is 11.4. The van der Waals surface area contributed by atoms with Crippen LogP contribution in [0.25, 0.3) is 6.08 Å². The maximum atomic E-state index is 12.2. The van der Waals surface area contributed by atoms with Crippen molar-refractivity contribution < 1.29 is 9.72 Å². The molecule has 0 aliphatic carbocycles. The van der Waals surface area contributed by atoms with Crippen molar-refractivity contribution in [2.24, 2.45) is 0 Å². The van der Waals surface area contributed by atoms with Crippen molar-refractivity contribution in [3.8, 4) is 6.07 Å². The molecular weight excluding hydrogens is 353 g/mol. The normalized spacial score (nSPS) is 10.8. The third kappa shape index (κ3) is 4.32. The van der Waals surface area contributed by atoms with Crippen molar-refractivity contribution >= 4 is 46.6 Å². The van der Waals surface area contributed by atoms with Gasteiger partial charge in [0.1, 0.15) is 11.6 Å². The number of nitrogens with one attached hydrogen (secondary N) is 1. The maximum absolute atomic E-state index is 12.2. The Hall–Kier alpha value is -2.88. The van der Waals surface area contributed by atoms with Crippen LogP contribution in [-0.4, -0.2) is 10.8 Å². The molecule has 0 radical (unpaired) electrons. The van der Waals surface area contributed by atoms with E-state index < -0.39 is 10.8 Å². The summed E-state index contributed by atoms with van der Waals surface area (Å²) in [5.41, 5.74) is 0.545. The van der Waals surface area contributed by atoms with Crippen molar-refractivity contribution in [3.05, 3.63) is 73.8 Å². The highest BCUT2D eigenvalue weighted by Crippen LogP contribution is 2.26. The molecule has 0 heterocycles. The van der Waals surface area contributed by atoms with Crippen LogP contribution in [0, 0.1) is 21.4 Å². The average Bonchev–Trinajstić information content (AvgIpc) is 2.55. The Bertz CT molecular complexity index is 871. The maximum Gasteiger partial charge on any atom is 0.269 e. The molecule has 0 atom stereocenters. The van der Waals surface area contributed by atoms with E-state index >= 15 is 0 Å². The highest BCUT2D eigenvalue weighted by molar-refractivity contribution is 6.36. The first-order valence-electron chi connectivity index (χ1n) is 6.53. The lowest BCUT2D eigenvalue weighted by Gasteiger charge is -2.06. The predicted octanol–water partition coefficient (Wildman–Crippen LogP) is 4.45. The number of anilines is 1. The first kappa shape index (κ1) is 17.5. The molecule has 0 aliphatic heterocycles. The molecule has 1 N–H and O–H groups in total. The van der Waals surface area contributed by atoms with Gasteiger partial charge < -0.3 is 5.32 Å². The number of carbonyl (C=O) groups is 1. The molecule has 2 rings (SSSR count). The lowest BCUT2D eigenvalue weighted by atomic mass is 10.1. The van der Waals surface area contributed by atoms with Crippen LogP contribution >= 0.6 is 23.2 Å². The molecule has 120 valence electrons. The quantitative estimate of drug-likeness (QED) is 0.376. The van der Waals surface area contributed by atoms with Gasteiger partial charge >= 0.3 is 0 Å². The Morgan fingerprint density at radius 2 is 1.88 bits per heavy atom. The minimum Gasteiger partial charge on any atom is -0.320 e. The van der Waals surface area contributed by atoms with Gasteiger partial charge in [-0.25, -0.2) is 0 Å². The molecule has 0 saturated heterocycles. The van der Waals surface area contributed by atoms with E-state index in [1.165, 1.54) is 42.5 Å². The molecule has 2 aromatic rings. The molecule has 0 aromatic heterocycles. The Labute approximate surface area is 147 Å². The molecule has 1 amide bonds. The monoisotopic (exact) mass is 361 g/mol. The van der Waals surface area contributed by atoms with E-state index in [2.05, 4.69) is 5.32 Å². The number of rotatable bonds is 4. The Balaban J connectivity index is 2.22. The second-order valence-electron chi connectivity index (χ2n) is 4.60. The van der Waals surface area contributed by atoms with E-state index in [4.69, 9.17) is 28.5 Å². The number of hydrogen-bond acceptors (Lipinski definition) is 4. The summed E-state index contributed by atoms with van der Waals surface area (Å²) in [6.07, 6.45) is 1.32. The Morgan fingerprint density at radius 3 is 2.42 bits per heavy atom. The van der Waals surface area contributed by atoms with Crippen molar-refractivity contribution in [3.63, 3.8) is 0 Å². The summed E-state index contributed by atoms with van der Waals surface area (Å²) in [7, 11) is 0. The molecule has 0 fully saturated rings. The second kappa shape index (κ2) is 7.59. The second-order valence-corrected chi connectivity index (χ2v) is 5.44. The number of amides is 1. The van der Waals surface area contributed by atoms with E-state index in [1.54, 1.807) is 12.1 Å². The molecule has 8 heteroatoms. The fourth-order valence-corrected chi connectivity index (χ4v) is 2.24. The van der Waals surface area contributed by atoms with Crippen LogP contribution in [0.15, 0.2) is 48.0 Å². The minimum absolute atomic E-state index is 0.0805. The molecule has 0 saturated carbocycles. The zero-order chi connectivity index (χ0) is 17.7. The summed E-state index contributed by atoms with van der Waals surface area (Å²) in [6.45, 7) is 0. The SMILES string of the molecule is N#C/C(=C\c1ccc([N+](=O)[O-])cc1)C(=O)Nc1ccc(Cl)cc1Cl. The molecule has 0 spiro atoms. The van der Waals surface area contributed by atoms with E-state index in [9.17, 15) is 14.9 Å². The number of benzene rings is 2. The van der Waals surface area contributed by atoms with Crippen LogP contribution in [0.5, 0.6) is 0 Å². The van der Waals surface area contributed by atoms with Crippen LogP contribution in [0.1, 0.15) is 5.56 Å². The van der Waals surface area contributed by atoms with Gasteiger partial charge in [-0.15, -0.1) is 0 Å². The fourth-order valence-electron chi connectivity index (χ4n) is 1.79. The van der Waals surface area contributed by atoms with Gasteiger partial charge in [-0.05, 0) is 42.0 Å². The molecule has 6 nitrogen and oxygen atoms in total. The van der Waals surface area contributed by atoms with Crippen LogP contribution in [0.4, 0.5) is 11.4 Å². The van der Waals surface area contributed by atoms with Crippen LogP contribution in [0.3, 0.4) is 0 Å². The van der Waals surface area contributed by atoms with Gasteiger partial charge in [0, 0.05) is 17.2 Å². The number of halogens is 2. The summed E-state index contributed by atoms with van der Waals surface area (Å²) in [5.74, 6) is -0.653. The molecule has 2 aromatic carbocycles. The van der Waals surface area contributed by atoms with Crippen molar-refractivity contribution in [1.29, 1.82) is 5.26 Å². The van der Waals surface area contributed by atoms with Gasteiger partial charge in [0.05, 0.1) is 15.6 Å². The summed E-state index contributed by atoms with van der Waals surface area (Å²) in [6, 6.07) is 11.8. The molecule has 0 bridgehead atoms. The fraction of sp³-hybridized carbons (Fsp3) is 0. The van der Waals surface area contributed by atoms with Crippen LogP contribution < -0.4 is 5.32 Å². The molecule has 0 aliphatic rings. The largest absolute Gasteiger partial charge is 0.320 e. The van der Waals surface area contributed by atoms with Gasteiger partial charge in [0.15, 0.2) is 0 Å². The zero-order valence-electron chi connectivity index (χ0n) is 12.0. The molecule has 0 unspecified atom stereocenters. The summed E-state index contributed by atoms with van der Waals surface area (Å²) >= 11 is 11.7. The number of non-ortho nitro benzene ring substituents is 1. The number of nitro groups is 1. The lowest BCUT2D eigenvalue weighted by molar-refractivity contribution is -0.384. The topological polar surface area (TPSA) is 96.0 Å². The minimum atomic E-state index is -0.653. The van der Waals surface area contributed by atoms with Crippen molar-refractivity contribution in [2.45, 2.75) is 0 Å². The van der Waals surface area contributed by atoms with Crippen LogP contribution in [-0.2, 0) is 4.79 Å². The number of nitro benzene ring substituents is 1. The van der Waals surface area contributed by atoms with E-state index in [0.29, 0.717) is 16.3 Å². The van der Waals surface area contributed by atoms with E-state index in [1.807, 2.05) is 0 Å². The lowest BCUT2D eigenvalue weighted by Crippen LogP contribution is -2.13. The third-order valence-corrected chi connectivity index (χ3v) is 3.51. The molecule has 24 heavy (non-hydrogen) atoms. The standard InChI is InChI=1S/C16H9Cl2N3O3/c17-12-3-6-15(14(18)8-12)20-16(22)11(9-19)7-10-1-4-13(5-2-10)21(23)24/h1-8H,(H,20,22)/b11-7+. The zero-order valence-corrected chi connectivity index (χ0v) is 13.5. The predicted molar refractivity (Wildman–Crippen MR) is 91.8 cm³/mol. The number of carbonyl (C=O) groups excluding carboxylic acids is 1. The third-order valence-electron chi connectivity index (χ3n) is 2.96. The van der Waals surface area contributed by atoms with Gasteiger partial charge in [-0.2, -0.15) is 5.26 Å². The highest BCUT2D eigenvalue weighted by atomic mass is 35.5.